The van der Waals surface area contributed by atoms with Crippen molar-refractivity contribution in [1.82, 2.24) is 19.7 Å². The van der Waals surface area contributed by atoms with Gasteiger partial charge in [0.05, 0.1) is 30.0 Å². The molecular weight excluding hydrogens is 380 g/mol. The highest BCUT2D eigenvalue weighted by atomic mass is 16.5. The van der Waals surface area contributed by atoms with E-state index in [-0.39, 0.29) is 11.9 Å². The Balaban J connectivity index is 1.62. The van der Waals surface area contributed by atoms with Crippen molar-refractivity contribution in [1.29, 1.82) is 5.26 Å². The predicted molar refractivity (Wildman–Crippen MR) is 113 cm³/mol. The summed E-state index contributed by atoms with van der Waals surface area (Å²) in [6, 6.07) is 6.33. The van der Waals surface area contributed by atoms with Gasteiger partial charge in [0.1, 0.15) is 11.9 Å². The minimum atomic E-state index is 0.0533. The molecule has 0 aromatic carbocycles. The molecule has 1 aliphatic carbocycles. The molecule has 1 aliphatic heterocycles. The highest BCUT2D eigenvalue weighted by Crippen LogP contribution is 2.44. The second-order valence-electron chi connectivity index (χ2n) is 8.14. The van der Waals surface area contributed by atoms with E-state index in [1.165, 1.54) is 0 Å². The zero-order valence-corrected chi connectivity index (χ0v) is 17.8. The molecule has 3 heterocycles. The smallest absolute Gasteiger partial charge is 0.225 e. The number of ether oxygens (including phenoxy) is 1. The number of anilines is 1. The third kappa shape index (κ3) is 3.90. The minimum Gasteiger partial charge on any atom is -0.384 e. The molecule has 2 aromatic rings. The van der Waals surface area contributed by atoms with Gasteiger partial charge in [-0.3, -0.25) is 9.48 Å². The molecule has 8 nitrogen and oxygen atoms in total. The number of piperazine rings is 1. The van der Waals surface area contributed by atoms with E-state index in [1.807, 2.05) is 28.8 Å². The summed E-state index contributed by atoms with van der Waals surface area (Å²) in [5.74, 6) is 1.29. The summed E-state index contributed by atoms with van der Waals surface area (Å²) >= 11 is 0. The third-order valence-electron chi connectivity index (χ3n) is 5.98. The molecular formula is C22H28N6O2. The Morgan fingerprint density at radius 1 is 1.37 bits per heavy atom. The van der Waals surface area contributed by atoms with Gasteiger partial charge in [-0.25, -0.2) is 4.98 Å². The van der Waals surface area contributed by atoms with Crippen molar-refractivity contribution >= 4 is 11.7 Å². The van der Waals surface area contributed by atoms with Gasteiger partial charge >= 0.3 is 0 Å². The number of methoxy groups -OCH3 is 1. The van der Waals surface area contributed by atoms with Gasteiger partial charge in [0.15, 0.2) is 0 Å². The van der Waals surface area contributed by atoms with Crippen molar-refractivity contribution in [2.75, 3.05) is 38.3 Å². The number of pyridine rings is 1. The van der Waals surface area contributed by atoms with E-state index >= 15 is 0 Å². The largest absolute Gasteiger partial charge is 0.384 e. The Labute approximate surface area is 177 Å². The van der Waals surface area contributed by atoms with Gasteiger partial charge in [0.25, 0.3) is 0 Å². The van der Waals surface area contributed by atoms with Crippen LogP contribution in [0.15, 0.2) is 18.3 Å². The Morgan fingerprint density at radius 3 is 2.77 bits per heavy atom. The first-order chi connectivity index (χ1) is 14.5. The maximum absolute atomic E-state index is 12.4. The summed E-state index contributed by atoms with van der Waals surface area (Å²) in [4.78, 5) is 21.5. The molecule has 1 unspecified atom stereocenters. The lowest BCUT2D eigenvalue weighted by atomic mass is 10.0. The maximum Gasteiger partial charge on any atom is 0.225 e. The molecule has 2 aliphatic rings. The fraction of sp³-hybridized carbons (Fsp3) is 0.545. The lowest BCUT2D eigenvalue weighted by Crippen LogP contribution is -2.54. The molecule has 0 radical (unpaired) electrons. The van der Waals surface area contributed by atoms with Crippen molar-refractivity contribution in [3.63, 3.8) is 0 Å². The minimum absolute atomic E-state index is 0.0533. The maximum atomic E-state index is 12.4. The number of carbonyl (C=O) groups is 1. The first-order valence-electron chi connectivity index (χ1n) is 10.5. The molecule has 1 atom stereocenters. The molecule has 4 rings (SSSR count). The van der Waals surface area contributed by atoms with Gasteiger partial charge in [-0.1, -0.05) is 0 Å². The van der Waals surface area contributed by atoms with Gasteiger partial charge < -0.3 is 14.5 Å². The van der Waals surface area contributed by atoms with Crippen LogP contribution in [0.5, 0.6) is 0 Å². The fourth-order valence-corrected chi connectivity index (χ4v) is 4.21. The van der Waals surface area contributed by atoms with E-state index in [1.54, 1.807) is 13.3 Å². The number of carbonyl (C=O) groups excluding carboxylic acids is 1. The van der Waals surface area contributed by atoms with Crippen molar-refractivity contribution in [3.8, 4) is 17.3 Å². The topological polar surface area (TPSA) is 87.3 Å². The summed E-state index contributed by atoms with van der Waals surface area (Å²) in [5, 5.41) is 14.2. The highest BCUT2D eigenvalue weighted by Gasteiger charge is 2.33. The van der Waals surface area contributed by atoms with Crippen LogP contribution in [0, 0.1) is 11.3 Å². The number of nitrogens with zero attached hydrogens (tertiary/aromatic N) is 6. The monoisotopic (exact) mass is 408 g/mol. The zero-order chi connectivity index (χ0) is 21.3. The van der Waals surface area contributed by atoms with Gasteiger partial charge in [-0.05, 0) is 31.9 Å². The first-order valence-corrected chi connectivity index (χ1v) is 10.5. The van der Waals surface area contributed by atoms with Crippen LogP contribution in [0.4, 0.5) is 5.82 Å². The molecule has 0 bridgehead atoms. The van der Waals surface area contributed by atoms with E-state index < -0.39 is 0 Å². The van der Waals surface area contributed by atoms with E-state index in [4.69, 9.17) is 9.72 Å². The molecule has 8 heteroatoms. The molecule has 1 amide bonds. The lowest BCUT2D eigenvalue weighted by Gasteiger charge is -2.41. The van der Waals surface area contributed by atoms with Crippen LogP contribution in [0.2, 0.25) is 0 Å². The quantitative estimate of drug-likeness (QED) is 0.729. The number of rotatable bonds is 6. The van der Waals surface area contributed by atoms with Crippen LogP contribution in [-0.2, 0) is 16.6 Å². The third-order valence-corrected chi connectivity index (χ3v) is 5.98. The van der Waals surface area contributed by atoms with E-state index in [2.05, 4.69) is 23.0 Å². The Hall–Kier alpha value is -2.92. The summed E-state index contributed by atoms with van der Waals surface area (Å²) in [6.07, 6.45) is 4.42. The summed E-state index contributed by atoms with van der Waals surface area (Å²) in [6.45, 7) is 4.44. The molecule has 30 heavy (non-hydrogen) atoms. The van der Waals surface area contributed by atoms with Crippen LogP contribution in [0.3, 0.4) is 0 Å². The van der Waals surface area contributed by atoms with E-state index in [0.717, 1.165) is 35.6 Å². The number of aromatic nitrogens is 3. The van der Waals surface area contributed by atoms with Crippen molar-refractivity contribution in [2.45, 2.75) is 38.1 Å². The number of aryl methyl sites for hydroxylation is 1. The predicted octanol–water partition coefficient (Wildman–Crippen LogP) is 2.30. The van der Waals surface area contributed by atoms with Crippen LogP contribution in [0.25, 0.3) is 11.3 Å². The van der Waals surface area contributed by atoms with E-state index in [9.17, 15) is 10.1 Å². The molecule has 2 fully saturated rings. The van der Waals surface area contributed by atoms with Crippen LogP contribution >= 0.6 is 0 Å². The second-order valence-corrected chi connectivity index (χ2v) is 8.14. The van der Waals surface area contributed by atoms with Gasteiger partial charge in [-0.15, -0.1) is 0 Å². The normalized spacial score (nSPS) is 19.1. The molecule has 158 valence electrons. The Bertz CT molecular complexity index is 974. The van der Waals surface area contributed by atoms with Crippen molar-refractivity contribution < 1.29 is 9.53 Å². The van der Waals surface area contributed by atoms with Gasteiger partial charge in [0, 0.05) is 57.5 Å². The van der Waals surface area contributed by atoms with Crippen molar-refractivity contribution in [3.05, 3.63) is 29.6 Å². The summed E-state index contributed by atoms with van der Waals surface area (Å²) < 4.78 is 6.87. The van der Waals surface area contributed by atoms with Crippen LogP contribution in [0.1, 0.15) is 43.4 Å². The lowest BCUT2D eigenvalue weighted by molar-refractivity contribution is -0.134. The summed E-state index contributed by atoms with van der Waals surface area (Å²) in [5.41, 5.74) is 3.61. The zero-order valence-electron chi connectivity index (χ0n) is 17.8. The first kappa shape index (κ1) is 20.4. The fourth-order valence-electron chi connectivity index (χ4n) is 4.21. The number of amides is 1. The number of hydrogen-bond acceptors (Lipinski definition) is 6. The average Bonchev–Trinajstić information content (AvgIpc) is 3.51. The Morgan fingerprint density at radius 2 is 2.17 bits per heavy atom. The van der Waals surface area contributed by atoms with Crippen LogP contribution < -0.4 is 4.90 Å². The molecule has 0 N–H and O–H groups in total. The molecule has 1 saturated carbocycles. The average molecular weight is 409 g/mol. The van der Waals surface area contributed by atoms with Crippen molar-refractivity contribution in [2.24, 2.45) is 7.05 Å². The molecule has 2 aromatic heterocycles. The van der Waals surface area contributed by atoms with Crippen LogP contribution in [-0.4, -0.2) is 65.0 Å². The number of nitriles is 1. The standard InChI is InChI=1S/C22H28N6O2/c1-15-14-27(9-10-28(15)20(29)7-11-30-3)22-17(13-23)12-18(19-6-8-24-26(19)2)21(25-22)16-4-5-16/h6,8,12,15-16H,4-5,7,9-11,14H2,1-3H3. The highest BCUT2D eigenvalue weighted by molar-refractivity contribution is 5.77. The molecule has 0 spiro atoms. The van der Waals surface area contributed by atoms with Gasteiger partial charge in [0.2, 0.25) is 5.91 Å². The summed E-state index contributed by atoms with van der Waals surface area (Å²) in [7, 11) is 3.52. The number of hydrogen-bond donors (Lipinski definition) is 0. The molecule has 1 saturated heterocycles. The van der Waals surface area contributed by atoms with Gasteiger partial charge in [-0.2, -0.15) is 10.4 Å². The second kappa shape index (κ2) is 8.44. The van der Waals surface area contributed by atoms with E-state index in [0.29, 0.717) is 44.1 Å². The Kier molecular flexibility index (Phi) is 5.73. The SMILES string of the molecule is COCCC(=O)N1CCN(c2nc(C3CC3)c(-c3ccnn3C)cc2C#N)CC1C.